The summed E-state index contributed by atoms with van der Waals surface area (Å²) < 4.78 is 5.02. The van der Waals surface area contributed by atoms with Crippen LogP contribution < -0.4 is 10.5 Å². The molecule has 3 heteroatoms. The average molecular weight is 176 g/mol. The summed E-state index contributed by atoms with van der Waals surface area (Å²) in [7, 11) is 1.55. The molecule has 68 valence electrons. The first-order valence-corrected chi connectivity index (χ1v) is 4.09. The van der Waals surface area contributed by atoms with E-state index in [1.54, 1.807) is 13.2 Å². The number of methoxy groups -OCH3 is 1. The van der Waals surface area contributed by atoms with E-state index in [0.29, 0.717) is 17.9 Å². The zero-order valence-electron chi connectivity index (χ0n) is 7.58. The number of nitrogens with zero attached hydrogens (tertiary/aromatic N) is 1. The molecule has 0 bridgehead atoms. The Bertz CT molecular complexity index is 328. The Balaban J connectivity index is 3.00. The molecule has 1 aromatic rings. The highest BCUT2D eigenvalue weighted by Gasteiger charge is 2.02. The van der Waals surface area contributed by atoms with Crippen molar-refractivity contribution in [3.8, 4) is 11.8 Å². The zero-order valence-corrected chi connectivity index (χ0v) is 7.58. The van der Waals surface area contributed by atoms with E-state index in [4.69, 9.17) is 15.7 Å². The van der Waals surface area contributed by atoms with Crippen LogP contribution in [0.2, 0.25) is 0 Å². The lowest BCUT2D eigenvalue weighted by atomic mass is 10.1. The van der Waals surface area contributed by atoms with Crippen molar-refractivity contribution in [2.24, 2.45) is 5.73 Å². The summed E-state index contributed by atoms with van der Waals surface area (Å²) in [5, 5.41) is 8.78. The molecule has 0 fully saturated rings. The van der Waals surface area contributed by atoms with E-state index in [9.17, 15) is 0 Å². The fourth-order valence-electron chi connectivity index (χ4n) is 1.16. The molecule has 0 saturated carbocycles. The van der Waals surface area contributed by atoms with Gasteiger partial charge in [0.15, 0.2) is 0 Å². The first kappa shape index (κ1) is 9.56. The van der Waals surface area contributed by atoms with E-state index in [0.717, 1.165) is 12.0 Å². The smallest absolute Gasteiger partial charge is 0.136 e. The van der Waals surface area contributed by atoms with Gasteiger partial charge in [-0.05, 0) is 30.7 Å². The third-order valence-electron chi connectivity index (χ3n) is 1.82. The van der Waals surface area contributed by atoms with Crippen LogP contribution in [0, 0.1) is 11.3 Å². The Hall–Kier alpha value is -1.53. The van der Waals surface area contributed by atoms with Crippen LogP contribution in [0.1, 0.15) is 11.1 Å². The number of nitrogens with two attached hydrogens (primary N) is 1. The molecule has 0 aliphatic heterocycles. The number of rotatable bonds is 3. The van der Waals surface area contributed by atoms with Gasteiger partial charge in [0.05, 0.1) is 12.7 Å². The van der Waals surface area contributed by atoms with Crippen LogP contribution in [0.4, 0.5) is 0 Å². The molecule has 0 amide bonds. The monoisotopic (exact) mass is 176 g/mol. The lowest BCUT2D eigenvalue weighted by Crippen LogP contribution is -2.03. The van der Waals surface area contributed by atoms with Gasteiger partial charge in [-0.3, -0.25) is 0 Å². The van der Waals surface area contributed by atoms with E-state index in [2.05, 4.69) is 6.07 Å². The first-order valence-electron chi connectivity index (χ1n) is 4.09. The highest BCUT2D eigenvalue weighted by Crippen LogP contribution is 2.18. The molecule has 0 radical (unpaired) electrons. The number of hydrogen-bond donors (Lipinski definition) is 1. The molecule has 1 aromatic carbocycles. The molecule has 3 nitrogen and oxygen atoms in total. The van der Waals surface area contributed by atoms with Crippen molar-refractivity contribution < 1.29 is 4.74 Å². The SMILES string of the molecule is COc1ccc(CCN)cc1C#N. The molecule has 0 aliphatic rings. The van der Waals surface area contributed by atoms with Crippen molar-refractivity contribution >= 4 is 0 Å². The normalized spacial score (nSPS) is 9.31. The zero-order chi connectivity index (χ0) is 9.68. The van der Waals surface area contributed by atoms with Crippen molar-refractivity contribution in [2.45, 2.75) is 6.42 Å². The average Bonchev–Trinajstić information content (AvgIpc) is 2.18. The second kappa shape index (κ2) is 4.48. The second-order valence-electron chi connectivity index (χ2n) is 2.69. The van der Waals surface area contributed by atoms with E-state index >= 15 is 0 Å². The van der Waals surface area contributed by atoms with Crippen molar-refractivity contribution in [3.05, 3.63) is 29.3 Å². The quantitative estimate of drug-likeness (QED) is 0.749. The van der Waals surface area contributed by atoms with Crippen LogP contribution in [-0.2, 0) is 6.42 Å². The molecule has 0 aromatic heterocycles. The third-order valence-corrected chi connectivity index (χ3v) is 1.82. The van der Waals surface area contributed by atoms with Crippen LogP contribution in [0.15, 0.2) is 18.2 Å². The summed E-state index contributed by atoms with van der Waals surface area (Å²) in [4.78, 5) is 0. The number of nitriles is 1. The minimum Gasteiger partial charge on any atom is -0.495 e. The van der Waals surface area contributed by atoms with Crippen LogP contribution >= 0.6 is 0 Å². The van der Waals surface area contributed by atoms with Crippen molar-refractivity contribution in [1.82, 2.24) is 0 Å². The first-order chi connectivity index (χ1) is 6.31. The van der Waals surface area contributed by atoms with E-state index in [-0.39, 0.29) is 0 Å². The molecule has 0 unspecified atom stereocenters. The maximum Gasteiger partial charge on any atom is 0.136 e. The molecule has 0 spiro atoms. The van der Waals surface area contributed by atoms with Crippen molar-refractivity contribution in [3.63, 3.8) is 0 Å². The Morgan fingerprint density at radius 2 is 2.31 bits per heavy atom. The molecule has 1 rings (SSSR count). The van der Waals surface area contributed by atoms with Gasteiger partial charge in [0.2, 0.25) is 0 Å². The van der Waals surface area contributed by atoms with Crippen LogP contribution in [-0.4, -0.2) is 13.7 Å². The van der Waals surface area contributed by atoms with E-state index in [1.807, 2.05) is 12.1 Å². The molecule has 13 heavy (non-hydrogen) atoms. The fourth-order valence-corrected chi connectivity index (χ4v) is 1.16. The summed E-state index contributed by atoms with van der Waals surface area (Å²) in [6.07, 6.45) is 0.790. The van der Waals surface area contributed by atoms with Gasteiger partial charge in [0, 0.05) is 0 Å². The highest BCUT2D eigenvalue weighted by molar-refractivity contribution is 5.45. The minimum atomic E-state index is 0.563. The molecule has 2 N–H and O–H groups in total. The molecular formula is C10H12N2O. The van der Waals surface area contributed by atoms with Gasteiger partial charge in [-0.25, -0.2) is 0 Å². The van der Waals surface area contributed by atoms with Crippen molar-refractivity contribution in [2.75, 3.05) is 13.7 Å². The van der Waals surface area contributed by atoms with Gasteiger partial charge in [-0.15, -0.1) is 0 Å². The van der Waals surface area contributed by atoms with Gasteiger partial charge in [-0.2, -0.15) is 5.26 Å². The molecule has 0 aliphatic carbocycles. The lowest BCUT2D eigenvalue weighted by molar-refractivity contribution is 0.413. The predicted molar refractivity (Wildman–Crippen MR) is 50.5 cm³/mol. The highest BCUT2D eigenvalue weighted by atomic mass is 16.5. The maximum absolute atomic E-state index is 8.78. The maximum atomic E-state index is 8.78. The summed E-state index contributed by atoms with van der Waals surface area (Å²) in [6, 6.07) is 7.61. The fraction of sp³-hybridized carbons (Fsp3) is 0.300. The van der Waals surface area contributed by atoms with Gasteiger partial charge in [-0.1, -0.05) is 6.07 Å². The summed E-state index contributed by atoms with van der Waals surface area (Å²) in [6.45, 7) is 0.594. The lowest BCUT2D eigenvalue weighted by Gasteiger charge is -2.04. The van der Waals surface area contributed by atoms with Gasteiger partial charge < -0.3 is 10.5 Å². The Morgan fingerprint density at radius 1 is 1.54 bits per heavy atom. The number of benzene rings is 1. The van der Waals surface area contributed by atoms with Crippen LogP contribution in [0.3, 0.4) is 0 Å². The van der Waals surface area contributed by atoms with E-state index in [1.165, 1.54) is 0 Å². The standard InChI is InChI=1S/C10H12N2O/c1-13-10-3-2-8(4-5-11)6-9(10)7-12/h2-3,6H,4-5,11H2,1H3. The molecule has 0 atom stereocenters. The van der Waals surface area contributed by atoms with E-state index < -0.39 is 0 Å². The topological polar surface area (TPSA) is 59.0 Å². The Morgan fingerprint density at radius 3 is 2.85 bits per heavy atom. The summed E-state index contributed by atoms with van der Waals surface area (Å²) in [5.74, 6) is 0.614. The Labute approximate surface area is 77.7 Å². The second-order valence-corrected chi connectivity index (χ2v) is 2.69. The minimum absolute atomic E-state index is 0.563. The van der Waals surface area contributed by atoms with Crippen LogP contribution in [0.5, 0.6) is 5.75 Å². The van der Waals surface area contributed by atoms with Crippen LogP contribution in [0.25, 0.3) is 0 Å². The molecular weight excluding hydrogens is 164 g/mol. The molecule has 0 heterocycles. The van der Waals surface area contributed by atoms with Gasteiger partial charge in [0.1, 0.15) is 11.8 Å². The molecule has 0 saturated heterocycles. The predicted octanol–water partition coefficient (Wildman–Crippen LogP) is 1.07. The Kier molecular flexibility index (Phi) is 3.30. The van der Waals surface area contributed by atoms with Gasteiger partial charge >= 0.3 is 0 Å². The largest absolute Gasteiger partial charge is 0.495 e. The number of ether oxygens (including phenoxy) is 1. The summed E-state index contributed by atoms with van der Waals surface area (Å²) in [5.41, 5.74) is 7.04. The van der Waals surface area contributed by atoms with Crippen molar-refractivity contribution in [1.29, 1.82) is 5.26 Å². The van der Waals surface area contributed by atoms with Gasteiger partial charge in [0.25, 0.3) is 0 Å². The third kappa shape index (κ3) is 2.20. The summed E-state index contributed by atoms with van der Waals surface area (Å²) >= 11 is 0. The number of hydrogen-bond acceptors (Lipinski definition) is 3.